The van der Waals surface area contributed by atoms with Crippen LogP contribution in [0.25, 0.3) is 11.0 Å². The van der Waals surface area contributed by atoms with Gasteiger partial charge in [0.15, 0.2) is 15.6 Å². The van der Waals surface area contributed by atoms with Crippen LogP contribution in [0.2, 0.25) is 0 Å². The first kappa shape index (κ1) is 29.1. The summed E-state index contributed by atoms with van der Waals surface area (Å²) in [4.78, 5) is 23.0. The Balaban J connectivity index is 1.29. The fourth-order valence-corrected chi connectivity index (χ4v) is 7.77. The summed E-state index contributed by atoms with van der Waals surface area (Å²) in [6.07, 6.45) is 7.19. The van der Waals surface area contributed by atoms with Crippen molar-refractivity contribution in [3.05, 3.63) is 76.7 Å². The second kappa shape index (κ2) is 12.7. The van der Waals surface area contributed by atoms with Crippen molar-refractivity contribution in [1.29, 1.82) is 0 Å². The van der Waals surface area contributed by atoms with Crippen LogP contribution >= 0.6 is 0 Å². The Kier molecular flexibility index (Phi) is 8.62. The highest BCUT2D eigenvalue weighted by molar-refractivity contribution is 7.92. The fourth-order valence-electron chi connectivity index (χ4n) is 5.85. The molecule has 4 aromatic rings. The maximum Gasteiger partial charge on any atom is 0.294 e. The van der Waals surface area contributed by atoms with Gasteiger partial charge in [-0.15, -0.1) is 0 Å². The summed E-state index contributed by atoms with van der Waals surface area (Å²) in [5.74, 6) is 1.32. The van der Waals surface area contributed by atoms with Gasteiger partial charge in [0.2, 0.25) is 5.95 Å². The van der Waals surface area contributed by atoms with Crippen molar-refractivity contribution in [3.63, 3.8) is 0 Å². The van der Waals surface area contributed by atoms with E-state index in [2.05, 4.69) is 15.6 Å². The number of fused-ring (bicyclic) bond motifs is 1. The highest BCUT2D eigenvalue weighted by atomic mass is 32.2. The van der Waals surface area contributed by atoms with Crippen molar-refractivity contribution in [3.8, 4) is 11.5 Å². The summed E-state index contributed by atoms with van der Waals surface area (Å²) >= 11 is 0. The van der Waals surface area contributed by atoms with Crippen LogP contribution in [0, 0.1) is 0 Å². The van der Waals surface area contributed by atoms with E-state index in [1.54, 1.807) is 30.5 Å². The van der Waals surface area contributed by atoms with E-state index < -0.39 is 9.84 Å². The summed E-state index contributed by atoms with van der Waals surface area (Å²) in [6.45, 7) is 4.15. The molecule has 0 spiro atoms. The zero-order valence-electron chi connectivity index (χ0n) is 24.3. The van der Waals surface area contributed by atoms with Crippen molar-refractivity contribution >= 4 is 32.5 Å². The van der Waals surface area contributed by atoms with Crippen molar-refractivity contribution in [1.82, 2.24) is 19.9 Å². The van der Waals surface area contributed by atoms with E-state index in [1.165, 1.54) is 4.57 Å². The Labute approximate surface area is 251 Å². The molecular weight excluding hydrogens is 566 g/mol. The highest BCUT2D eigenvalue weighted by Gasteiger charge is 2.30. The topological polar surface area (TPSA) is 124 Å². The van der Waals surface area contributed by atoms with Crippen LogP contribution in [-0.2, 0) is 16.4 Å². The van der Waals surface area contributed by atoms with E-state index in [0.717, 1.165) is 50.2 Å². The van der Waals surface area contributed by atoms with Gasteiger partial charge in [-0.25, -0.2) is 13.4 Å². The first-order valence-corrected chi connectivity index (χ1v) is 16.6. The molecule has 6 rings (SSSR count). The van der Waals surface area contributed by atoms with Crippen molar-refractivity contribution in [2.75, 3.05) is 25.0 Å². The second-order valence-electron chi connectivity index (χ2n) is 11.1. The molecule has 2 fully saturated rings. The molecule has 1 aliphatic heterocycles. The number of hydrogen-bond acceptors (Lipinski definition) is 9. The van der Waals surface area contributed by atoms with Gasteiger partial charge < -0.3 is 20.1 Å². The maximum atomic E-state index is 13.6. The number of ether oxygens (including phenoxy) is 2. The molecule has 11 heteroatoms. The van der Waals surface area contributed by atoms with Gasteiger partial charge in [-0.2, -0.15) is 4.98 Å². The monoisotopic (exact) mass is 603 g/mol. The van der Waals surface area contributed by atoms with Crippen LogP contribution in [0.5, 0.6) is 11.5 Å². The Bertz CT molecular complexity index is 1740. The Morgan fingerprint density at radius 2 is 1.86 bits per heavy atom. The third kappa shape index (κ3) is 6.52. The third-order valence-electron chi connectivity index (χ3n) is 8.07. The zero-order chi connectivity index (χ0) is 29.8. The maximum absolute atomic E-state index is 13.6. The predicted octanol–water partition coefficient (Wildman–Crippen LogP) is 4.83. The Morgan fingerprint density at radius 3 is 2.60 bits per heavy atom. The first-order valence-electron chi connectivity index (χ1n) is 15.0. The number of benzene rings is 2. The average Bonchev–Trinajstić information content (AvgIpc) is 3.58. The highest BCUT2D eigenvalue weighted by Crippen LogP contribution is 2.30. The van der Waals surface area contributed by atoms with Gasteiger partial charge in [0.1, 0.15) is 17.5 Å². The molecule has 1 atom stereocenters. The smallest absolute Gasteiger partial charge is 0.294 e. The first-order chi connectivity index (χ1) is 20.9. The molecule has 1 unspecified atom stereocenters. The van der Waals surface area contributed by atoms with Crippen LogP contribution in [0.3, 0.4) is 0 Å². The lowest BCUT2D eigenvalue weighted by Crippen LogP contribution is -2.37. The van der Waals surface area contributed by atoms with Gasteiger partial charge >= 0.3 is 0 Å². The molecule has 2 aromatic heterocycles. The molecule has 1 saturated carbocycles. The van der Waals surface area contributed by atoms with Crippen LogP contribution < -0.4 is 25.7 Å². The number of aromatic nitrogens is 3. The van der Waals surface area contributed by atoms with Crippen molar-refractivity contribution < 1.29 is 17.9 Å². The van der Waals surface area contributed by atoms with E-state index in [-0.39, 0.29) is 29.2 Å². The summed E-state index contributed by atoms with van der Waals surface area (Å²) < 4.78 is 39.8. The fraction of sp³-hybridized carbons (Fsp3) is 0.406. The molecule has 0 bridgehead atoms. The lowest BCUT2D eigenvalue weighted by molar-refractivity contribution is 0.167. The summed E-state index contributed by atoms with van der Waals surface area (Å²) in [5.41, 5.74) is 1.53. The second-order valence-corrected chi connectivity index (χ2v) is 13.4. The van der Waals surface area contributed by atoms with Crippen LogP contribution in [0.15, 0.2) is 70.5 Å². The van der Waals surface area contributed by atoms with Gasteiger partial charge in [0, 0.05) is 23.8 Å². The molecule has 2 N–H and O–H groups in total. The number of anilines is 2. The van der Waals surface area contributed by atoms with E-state index in [0.29, 0.717) is 46.9 Å². The number of nitrogens with one attached hydrogen (secondary N) is 2. The van der Waals surface area contributed by atoms with E-state index in [1.807, 2.05) is 37.3 Å². The number of pyridine rings is 1. The lowest BCUT2D eigenvalue weighted by atomic mass is 10.1. The molecule has 0 amide bonds. The molecular formula is C32H37N5O5S. The molecule has 1 aliphatic carbocycles. The number of piperidine rings is 1. The van der Waals surface area contributed by atoms with Crippen LogP contribution in [0.1, 0.15) is 51.0 Å². The minimum Gasteiger partial charge on any atom is -0.489 e. The molecule has 226 valence electrons. The van der Waals surface area contributed by atoms with Gasteiger partial charge in [0.25, 0.3) is 5.56 Å². The largest absolute Gasteiger partial charge is 0.489 e. The van der Waals surface area contributed by atoms with E-state index in [9.17, 15) is 13.2 Å². The molecule has 10 nitrogen and oxygen atoms in total. The number of rotatable bonds is 10. The zero-order valence-corrected chi connectivity index (χ0v) is 25.1. The number of sulfone groups is 1. The summed E-state index contributed by atoms with van der Waals surface area (Å²) in [7, 11) is -3.44. The minimum atomic E-state index is -3.44. The number of hydrogen-bond donors (Lipinski definition) is 2. The quantitative estimate of drug-likeness (QED) is 0.262. The average molecular weight is 604 g/mol. The Morgan fingerprint density at radius 1 is 1.05 bits per heavy atom. The SMILES string of the molecule is CCOc1cc2cnc(Nc3ccc(OC4CCCNC4)cc3)nc2n(Cc2cccc(S(=O)(=O)C3CCCC3)c2)c1=O. The van der Waals surface area contributed by atoms with Gasteiger partial charge in [-0.1, -0.05) is 25.0 Å². The van der Waals surface area contributed by atoms with Crippen LogP contribution in [-0.4, -0.2) is 54.0 Å². The van der Waals surface area contributed by atoms with Gasteiger partial charge in [-0.3, -0.25) is 9.36 Å². The third-order valence-corrected chi connectivity index (χ3v) is 10.3. The molecule has 2 aliphatic rings. The summed E-state index contributed by atoms with van der Waals surface area (Å²) in [6, 6.07) is 16.2. The van der Waals surface area contributed by atoms with E-state index >= 15 is 0 Å². The Hall–Kier alpha value is -3.96. The molecule has 2 aromatic carbocycles. The van der Waals surface area contributed by atoms with Gasteiger partial charge in [-0.05, 0) is 87.2 Å². The molecule has 1 saturated heterocycles. The van der Waals surface area contributed by atoms with Crippen molar-refractivity contribution in [2.24, 2.45) is 0 Å². The minimum absolute atomic E-state index is 0.128. The normalized spacial score (nSPS) is 17.7. The molecule has 3 heterocycles. The van der Waals surface area contributed by atoms with E-state index in [4.69, 9.17) is 14.5 Å². The van der Waals surface area contributed by atoms with Gasteiger partial charge in [0.05, 0.1) is 23.3 Å². The standard InChI is InChI=1S/C32H37N5O5S/c1-2-41-29-18-23-19-34-32(35-24-12-14-25(15-13-24)42-26-8-6-16-33-20-26)36-30(23)37(31(29)38)21-22-7-5-11-28(17-22)43(39,40)27-9-3-4-10-27/h5,7,11-15,17-19,26-27,33H,2-4,6,8-10,16,20-21H2,1H3,(H,34,35,36). The van der Waals surface area contributed by atoms with Crippen molar-refractivity contribution in [2.45, 2.75) is 68.2 Å². The lowest BCUT2D eigenvalue weighted by Gasteiger charge is -2.24. The summed E-state index contributed by atoms with van der Waals surface area (Å²) in [5, 5.41) is 6.86. The molecule has 43 heavy (non-hydrogen) atoms. The van der Waals surface area contributed by atoms with Crippen LogP contribution in [0.4, 0.5) is 11.6 Å². The number of nitrogens with zero attached hydrogens (tertiary/aromatic N) is 3. The molecule has 0 radical (unpaired) electrons. The predicted molar refractivity (Wildman–Crippen MR) is 166 cm³/mol.